The number of aliphatic hydroxyl groups excluding tert-OH is 2. The largest absolute Gasteiger partial charge is 0.390 e. The molecule has 2 N–H and O–H groups in total. The Balaban J connectivity index is 1.58. The second-order valence-corrected chi connectivity index (χ2v) is 8.38. The van der Waals surface area contributed by atoms with Gasteiger partial charge < -0.3 is 19.7 Å². The standard InChI is InChI=1S/C20H24O7S/c1-14-7-9-17(10-8-14)28(23,24)26-13-16-11-18(21)19(22)20(27-16)25-12-15-5-3-2-4-6-15/h2-10,16,18-22H,11-13H2,1H3/t16-,18-,19-,20-/m0/s1. The zero-order valence-corrected chi connectivity index (χ0v) is 16.3. The molecule has 0 unspecified atom stereocenters. The van der Waals surface area contributed by atoms with Gasteiger partial charge in [0.1, 0.15) is 6.10 Å². The summed E-state index contributed by atoms with van der Waals surface area (Å²) in [6.07, 6.45) is -4.12. The quantitative estimate of drug-likeness (QED) is 0.673. The lowest BCUT2D eigenvalue weighted by molar-refractivity contribution is -0.273. The van der Waals surface area contributed by atoms with Gasteiger partial charge in [0.2, 0.25) is 0 Å². The topological polar surface area (TPSA) is 102 Å². The van der Waals surface area contributed by atoms with Crippen LogP contribution < -0.4 is 0 Å². The minimum absolute atomic E-state index is 0.0375. The van der Waals surface area contributed by atoms with E-state index in [1.807, 2.05) is 37.3 Å². The van der Waals surface area contributed by atoms with Crippen molar-refractivity contribution in [2.45, 2.75) is 49.4 Å². The lowest BCUT2D eigenvalue weighted by Gasteiger charge is -2.36. The molecule has 0 aromatic heterocycles. The summed E-state index contributed by atoms with van der Waals surface area (Å²) < 4.78 is 40.9. The summed E-state index contributed by atoms with van der Waals surface area (Å²) >= 11 is 0. The smallest absolute Gasteiger partial charge is 0.297 e. The van der Waals surface area contributed by atoms with Crippen LogP contribution in [0.5, 0.6) is 0 Å². The maximum absolute atomic E-state index is 12.3. The van der Waals surface area contributed by atoms with Crippen molar-refractivity contribution < 1.29 is 32.3 Å². The van der Waals surface area contributed by atoms with Gasteiger partial charge in [0.05, 0.1) is 30.3 Å². The molecule has 1 fully saturated rings. The molecular weight excluding hydrogens is 384 g/mol. The van der Waals surface area contributed by atoms with Crippen LogP contribution in [0.3, 0.4) is 0 Å². The molecule has 152 valence electrons. The molecule has 8 heteroatoms. The first-order valence-electron chi connectivity index (χ1n) is 8.98. The van der Waals surface area contributed by atoms with Crippen LogP contribution in [-0.4, -0.2) is 49.8 Å². The van der Waals surface area contributed by atoms with E-state index < -0.39 is 34.7 Å². The van der Waals surface area contributed by atoms with Gasteiger partial charge in [-0.3, -0.25) is 4.18 Å². The van der Waals surface area contributed by atoms with Gasteiger partial charge in [0.15, 0.2) is 6.29 Å². The summed E-state index contributed by atoms with van der Waals surface area (Å²) in [7, 11) is -3.95. The Morgan fingerprint density at radius 3 is 2.43 bits per heavy atom. The molecule has 1 saturated heterocycles. The number of hydrogen-bond donors (Lipinski definition) is 2. The fourth-order valence-corrected chi connectivity index (χ4v) is 3.79. The van der Waals surface area contributed by atoms with Crippen LogP contribution in [0.4, 0.5) is 0 Å². The molecule has 1 heterocycles. The van der Waals surface area contributed by atoms with Gasteiger partial charge in [-0.25, -0.2) is 0 Å². The highest BCUT2D eigenvalue weighted by atomic mass is 32.2. The van der Waals surface area contributed by atoms with Crippen molar-refractivity contribution in [1.29, 1.82) is 0 Å². The summed E-state index contributed by atoms with van der Waals surface area (Å²) in [6.45, 7) is 1.76. The highest BCUT2D eigenvalue weighted by Crippen LogP contribution is 2.24. The second-order valence-electron chi connectivity index (χ2n) is 6.77. The summed E-state index contributed by atoms with van der Waals surface area (Å²) in [5, 5.41) is 20.2. The number of hydrogen-bond acceptors (Lipinski definition) is 7. The summed E-state index contributed by atoms with van der Waals surface area (Å²) in [4.78, 5) is 0.0476. The van der Waals surface area contributed by atoms with Crippen molar-refractivity contribution in [3.8, 4) is 0 Å². The predicted molar refractivity (Wildman–Crippen MR) is 101 cm³/mol. The van der Waals surface area contributed by atoms with E-state index in [9.17, 15) is 18.6 Å². The van der Waals surface area contributed by atoms with Crippen molar-refractivity contribution in [3.05, 3.63) is 65.7 Å². The van der Waals surface area contributed by atoms with Gasteiger partial charge in [-0.1, -0.05) is 48.0 Å². The Morgan fingerprint density at radius 2 is 1.75 bits per heavy atom. The zero-order chi connectivity index (χ0) is 20.1. The Labute approximate surface area is 164 Å². The molecule has 0 radical (unpaired) electrons. The molecule has 1 aliphatic heterocycles. The Bertz CT molecular complexity index is 852. The third kappa shape index (κ3) is 5.38. The summed E-state index contributed by atoms with van der Waals surface area (Å²) in [6, 6.07) is 15.6. The minimum Gasteiger partial charge on any atom is -0.390 e. The molecule has 0 bridgehead atoms. The number of benzene rings is 2. The molecule has 0 spiro atoms. The van der Waals surface area contributed by atoms with Crippen molar-refractivity contribution in [2.24, 2.45) is 0 Å². The van der Waals surface area contributed by atoms with Crippen molar-refractivity contribution in [2.75, 3.05) is 6.61 Å². The molecule has 2 aromatic carbocycles. The summed E-state index contributed by atoms with van der Waals surface area (Å²) in [5.74, 6) is 0. The van der Waals surface area contributed by atoms with Crippen LogP contribution in [0.25, 0.3) is 0 Å². The van der Waals surface area contributed by atoms with Crippen molar-refractivity contribution >= 4 is 10.1 Å². The van der Waals surface area contributed by atoms with Gasteiger partial charge in [0, 0.05) is 6.42 Å². The first-order chi connectivity index (χ1) is 13.3. The van der Waals surface area contributed by atoms with Crippen LogP contribution >= 0.6 is 0 Å². The van der Waals surface area contributed by atoms with Crippen LogP contribution in [0.1, 0.15) is 17.5 Å². The first-order valence-corrected chi connectivity index (χ1v) is 10.4. The van der Waals surface area contributed by atoms with E-state index in [2.05, 4.69) is 0 Å². The molecule has 0 saturated carbocycles. The van der Waals surface area contributed by atoms with Crippen LogP contribution in [0.15, 0.2) is 59.5 Å². The molecule has 3 rings (SSSR count). The average Bonchev–Trinajstić information content (AvgIpc) is 2.69. The van der Waals surface area contributed by atoms with Gasteiger partial charge in [-0.2, -0.15) is 8.42 Å². The fraction of sp³-hybridized carbons (Fsp3) is 0.400. The Morgan fingerprint density at radius 1 is 1.07 bits per heavy atom. The van der Waals surface area contributed by atoms with Gasteiger partial charge in [-0.15, -0.1) is 0 Å². The minimum atomic E-state index is -3.95. The highest BCUT2D eigenvalue weighted by Gasteiger charge is 2.38. The summed E-state index contributed by atoms with van der Waals surface area (Å²) in [5.41, 5.74) is 1.82. The first kappa shape index (κ1) is 20.9. The monoisotopic (exact) mass is 408 g/mol. The van der Waals surface area contributed by atoms with Gasteiger partial charge in [0.25, 0.3) is 10.1 Å². The number of rotatable bonds is 7. The Hall–Kier alpha value is -1.81. The molecule has 0 aliphatic carbocycles. The normalized spacial score (nSPS) is 25.5. The third-order valence-electron chi connectivity index (χ3n) is 4.48. The molecule has 4 atom stereocenters. The van der Waals surface area contributed by atoms with Gasteiger partial charge >= 0.3 is 0 Å². The lowest BCUT2D eigenvalue weighted by atomic mass is 10.0. The lowest BCUT2D eigenvalue weighted by Crippen LogP contribution is -2.50. The van der Waals surface area contributed by atoms with E-state index in [-0.39, 0.29) is 24.5 Å². The molecule has 7 nitrogen and oxygen atoms in total. The second kappa shape index (κ2) is 9.13. The fourth-order valence-electron chi connectivity index (χ4n) is 2.85. The average molecular weight is 408 g/mol. The predicted octanol–water partition coefficient (Wildman–Crippen LogP) is 1.75. The van der Waals surface area contributed by atoms with Crippen LogP contribution in [0.2, 0.25) is 0 Å². The Kier molecular flexibility index (Phi) is 6.82. The number of ether oxygens (including phenoxy) is 2. The van der Waals surface area contributed by atoms with E-state index in [0.717, 1.165) is 11.1 Å². The molecular formula is C20H24O7S. The van der Waals surface area contributed by atoms with Crippen molar-refractivity contribution in [1.82, 2.24) is 0 Å². The highest BCUT2D eigenvalue weighted by molar-refractivity contribution is 7.86. The van der Waals surface area contributed by atoms with Gasteiger partial charge in [-0.05, 0) is 24.6 Å². The number of aliphatic hydroxyl groups is 2. The van der Waals surface area contributed by atoms with Crippen molar-refractivity contribution in [3.63, 3.8) is 0 Å². The maximum atomic E-state index is 12.3. The number of aryl methyl sites for hydroxylation is 1. The van der Waals surface area contributed by atoms with E-state index >= 15 is 0 Å². The van der Waals surface area contributed by atoms with E-state index in [4.69, 9.17) is 13.7 Å². The van der Waals surface area contributed by atoms with E-state index in [1.165, 1.54) is 12.1 Å². The molecule has 0 amide bonds. The maximum Gasteiger partial charge on any atom is 0.297 e. The molecule has 1 aliphatic rings. The van der Waals surface area contributed by atoms with E-state index in [0.29, 0.717) is 0 Å². The zero-order valence-electron chi connectivity index (χ0n) is 15.5. The SMILES string of the molecule is Cc1ccc(S(=O)(=O)OC[C@@H]2C[C@H](O)[C@H](O)[C@@H](OCc3ccccc3)O2)cc1. The van der Waals surface area contributed by atoms with Crippen LogP contribution in [-0.2, 0) is 30.4 Å². The van der Waals surface area contributed by atoms with E-state index in [1.54, 1.807) is 12.1 Å². The molecule has 2 aromatic rings. The molecule has 28 heavy (non-hydrogen) atoms. The third-order valence-corrected chi connectivity index (χ3v) is 5.78. The van der Waals surface area contributed by atoms with Crippen LogP contribution in [0, 0.1) is 6.92 Å².